The summed E-state index contributed by atoms with van der Waals surface area (Å²) in [4.78, 5) is 15.2. The molecule has 0 aromatic carbocycles. The van der Waals surface area contributed by atoms with E-state index in [2.05, 4.69) is 4.98 Å². The van der Waals surface area contributed by atoms with Gasteiger partial charge in [-0.25, -0.2) is 4.98 Å². The smallest absolute Gasteiger partial charge is 0.254 e. The number of aromatic nitrogens is 2. The van der Waals surface area contributed by atoms with Crippen molar-refractivity contribution in [3.63, 3.8) is 0 Å². The predicted molar refractivity (Wildman–Crippen MR) is 47.4 cm³/mol. The Morgan fingerprint density at radius 1 is 1.75 bits per heavy atom. The molecule has 0 bridgehead atoms. The third-order valence-electron chi connectivity index (χ3n) is 1.41. The highest BCUT2D eigenvalue weighted by molar-refractivity contribution is 7.98. The number of rotatable bonds is 3. The van der Waals surface area contributed by atoms with Crippen LogP contribution in [0.4, 0.5) is 0 Å². The Morgan fingerprint density at radius 3 is 3.08 bits per heavy atom. The van der Waals surface area contributed by atoms with Crippen LogP contribution in [-0.2, 0) is 6.54 Å². The van der Waals surface area contributed by atoms with Crippen LogP contribution in [0.15, 0.2) is 22.2 Å². The number of aliphatic hydroxyl groups excluding tert-OH is 1. The molecule has 5 heteroatoms. The molecule has 12 heavy (non-hydrogen) atoms. The first-order valence-corrected chi connectivity index (χ1v) is 4.72. The van der Waals surface area contributed by atoms with E-state index in [-0.39, 0.29) is 12.2 Å². The van der Waals surface area contributed by atoms with Gasteiger partial charge in [-0.05, 0) is 6.26 Å². The lowest BCUT2D eigenvalue weighted by atomic mass is 10.6. The van der Waals surface area contributed by atoms with E-state index >= 15 is 0 Å². The second-order valence-electron chi connectivity index (χ2n) is 2.15. The molecule has 0 aliphatic rings. The molecular formula is C7H10N2O2S. The molecule has 1 rings (SSSR count). The Balaban J connectivity index is 3.11. The number of thioether (sulfide) groups is 1. The third-order valence-corrected chi connectivity index (χ3v) is 2.10. The third kappa shape index (κ3) is 1.86. The van der Waals surface area contributed by atoms with Crippen LogP contribution in [0.1, 0.15) is 0 Å². The second kappa shape index (κ2) is 4.27. The standard InChI is InChI=1S/C7H10N2O2S/c1-12-7-8-3-2-6(11)9(7)4-5-10/h2-3,10H,4-5H2,1H3. The molecular weight excluding hydrogens is 176 g/mol. The molecule has 0 atom stereocenters. The number of hydrogen-bond donors (Lipinski definition) is 1. The van der Waals surface area contributed by atoms with E-state index in [4.69, 9.17) is 5.11 Å². The summed E-state index contributed by atoms with van der Waals surface area (Å²) < 4.78 is 1.45. The number of nitrogens with zero attached hydrogens (tertiary/aromatic N) is 2. The molecule has 0 aliphatic heterocycles. The minimum Gasteiger partial charge on any atom is -0.395 e. The maximum atomic E-state index is 11.2. The summed E-state index contributed by atoms with van der Waals surface area (Å²) >= 11 is 1.39. The maximum Gasteiger partial charge on any atom is 0.254 e. The van der Waals surface area contributed by atoms with Gasteiger partial charge < -0.3 is 5.11 Å². The molecule has 0 aliphatic carbocycles. The normalized spacial score (nSPS) is 10.2. The van der Waals surface area contributed by atoms with Crippen LogP contribution in [0.5, 0.6) is 0 Å². The van der Waals surface area contributed by atoms with Gasteiger partial charge in [-0.2, -0.15) is 0 Å². The first-order valence-electron chi connectivity index (χ1n) is 3.50. The highest BCUT2D eigenvalue weighted by Crippen LogP contribution is 2.07. The molecule has 0 unspecified atom stereocenters. The molecule has 0 spiro atoms. The molecule has 1 aromatic rings. The van der Waals surface area contributed by atoms with E-state index in [1.54, 1.807) is 0 Å². The second-order valence-corrected chi connectivity index (χ2v) is 2.92. The van der Waals surface area contributed by atoms with Crippen molar-refractivity contribution >= 4 is 11.8 Å². The van der Waals surface area contributed by atoms with E-state index in [1.165, 1.54) is 28.6 Å². The summed E-state index contributed by atoms with van der Waals surface area (Å²) in [5, 5.41) is 9.30. The summed E-state index contributed by atoms with van der Waals surface area (Å²) in [6.45, 7) is 0.266. The van der Waals surface area contributed by atoms with Gasteiger partial charge in [-0.1, -0.05) is 11.8 Å². The van der Waals surface area contributed by atoms with Crippen molar-refractivity contribution in [3.8, 4) is 0 Å². The maximum absolute atomic E-state index is 11.2. The van der Waals surface area contributed by atoms with Crippen molar-refractivity contribution in [2.24, 2.45) is 0 Å². The monoisotopic (exact) mass is 186 g/mol. The zero-order chi connectivity index (χ0) is 8.97. The molecule has 0 amide bonds. The van der Waals surface area contributed by atoms with E-state index in [0.29, 0.717) is 11.7 Å². The van der Waals surface area contributed by atoms with Crippen molar-refractivity contribution in [3.05, 3.63) is 22.6 Å². The van der Waals surface area contributed by atoms with Gasteiger partial charge in [0.15, 0.2) is 5.16 Å². The summed E-state index contributed by atoms with van der Waals surface area (Å²) in [7, 11) is 0. The molecule has 4 nitrogen and oxygen atoms in total. The van der Waals surface area contributed by atoms with Gasteiger partial charge in [-0.15, -0.1) is 0 Å². The number of aliphatic hydroxyl groups is 1. The van der Waals surface area contributed by atoms with Crippen molar-refractivity contribution in [2.45, 2.75) is 11.7 Å². The molecule has 1 aromatic heterocycles. The van der Waals surface area contributed by atoms with Crippen LogP contribution in [0.25, 0.3) is 0 Å². The summed E-state index contributed by atoms with van der Waals surface area (Å²) in [6, 6.07) is 1.38. The quantitative estimate of drug-likeness (QED) is 0.531. The lowest BCUT2D eigenvalue weighted by Crippen LogP contribution is -2.23. The summed E-state index contributed by atoms with van der Waals surface area (Å²) in [5.41, 5.74) is -0.122. The topological polar surface area (TPSA) is 55.1 Å². The fourth-order valence-corrected chi connectivity index (χ4v) is 1.46. The van der Waals surface area contributed by atoms with Gasteiger partial charge in [0.05, 0.1) is 13.2 Å². The lowest BCUT2D eigenvalue weighted by molar-refractivity contribution is 0.268. The molecule has 0 radical (unpaired) electrons. The SMILES string of the molecule is CSc1nccc(=O)n1CCO. The highest BCUT2D eigenvalue weighted by atomic mass is 32.2. The minimum atomic E-state index is -0.122. The Morgan fingerprint density at radius 2 is 2.50 bits per heavy atom. The molecule has 1 heterocycles. The van der Waals surface area contributed by atoms with Crippen LogP contribution in [0.3, 0.4) is 0 Å². The van der Waals surface area contributed by atoms with Crippen molar-refractivity contribution in [1.29, 1.82) is 0 Å². The molecule has 0 fully saturated rings. The predicted octanol–water partition coefficient (Wildman–Crippen LogP) is -0.0425. The molecule has 1 N–H and O–H groups in total. The van der Waals surface area contributed by atoms with Gasteiger partial charge in [0.2, 0.25) is 0 Å². The zero-order valence-electron chi connectivity index (χ0n) is 6.73. The zero-order valence-corrected chi connectivity index (χ0v) is 7.54. The largest absolute Gasteiger partial charge is 0.395 e. The summed E-state index contributed by atoms with van der Waals surface area (Å²) in [5.74, 6) is 0. The van der Waals surface area contributed by atoms with Crippen LogP contribution < -0.4 is 5.56 Å². The van der Waals surface area contributed by atoms with Crippen LogP contribution in [0, 0.1) is 0 Å². The van der Waals surface area contributed by atoms with Crippen molar-refractivity contribution in [2.75, 3.05) is 12.9 Å². The molecule has 0 saturated carbocycles. The van der Waals surface area contributed by atoms with Gasteiger partial charge in [0.1, 0.15) is 0 Å². The fourth-order valence-electron chi connectivity index (χ4n) is 0.887. The van der Waals surface area contributed by atoms with E-state index in [0.717, 1.165) is 0 Å². The average molecular weight is 186 g/mol. The first kappa shape index (κ1) is 9.28. The summed E-state index contributed by atoms with van der Waals surface area (Å²) in [6.07, 6.45) is 3.32. The Bertz CT molecular complexity index is 311. The minimum absolute atomic E-state index is 0.0425. The lowest BCUT2D eigenvalue weighted by Gasteiger charge is -2.06. The first-order chi connectivity index (χ1) is 5.79. The Kier molecular flexibility index (Phi) is 3.31. The molecule has 0 saturated heterocycles. The number of hydrogen-bond acceptors (Lipinski definition) is 4. The van der Waals surface area contributed by atoms with Gasteiger partial charge >= 0.3 is 0 Å². The average Bonchev–Trinajstić information content (AvgIpc) is 2.09. The van der Waals surface area contributed by atoms with Gasteiger partial charge in [0.25, 0.3) is 5.56 Å². The van der Waals surface area contributed by atoms with Crippen LogP contribution >= 0.6 is 11.8 Å². The van der Waals surface area contributed by atoms with Gasteiger partial charge in [0, 0.05) is 12.3 Å². The Hall–Kier alpha value is -0.810. The van der Waals surface area contributed by atoms with Gasteiger partial charge in [-0.3, -0.25) is 9.36 Å². The molecule has 66 valence electrons. The van der Waals surface area contributed by atoms with E-state index < -0.39 is 0 Å². The van der Waals surface area contributed by atoms with Crippen molar-refractivity contribution < 1.29 is 5.11 Å². The van der Waals surface area contributed by atoms with Crippen LogP contribution in [0.2, 0.25) is 0 Å². The van der Waals surface area contributed by atoms with Crippen LogP contribution in [-0.4, -0.2) is 27.5 Å². The van der Waals surface area contributed by atoms with E-state index in [1.807, 2.05) is 6.26 Å². The Labute approximate surface area is 74.3 Å². The van der Waals surface area contributed by atoms with Crippen molar-refractivity contribution in [1.82, 2.24) is 9.55 Å². The fraction of sp³-hybridized carbons (Fsp3) is 0.429. The van der Waals surface area contributed by atoms with E-state index in [9.17, 15) is 4.79 Å². The highest BCUT2D eigenvalue weighted by Gasteiger charge is 2.01.